The Morgan fingerprint density at radius 3 is 2.85 bits per heavy atom. The van der Waals surface area contributed by atoms with Crippen LogP contribution < -0.4 is 10.1 Å². The third-order valence-electron chi connectivity index (χ3n) is 3.21. The predicted molar refractivity (Wildman–Crippen MR) is 80.9 cm³/mol. The van der Waals surface area contributed by atoms with Crippen LogP contribution in [0.2, 0.25) is 0 Å². The summed E-state index contributed by atoms with van der Waals surface area (Å²) in [6, 6.07) is 10.4. The number of hydrogen-bond donors (Lipinski definition) is 1. The van der Waals surface area contributed by atoms with Crippen molar-refractivity contribution in [1.82, 2.24) is 15.1 Å². The van der Waals surface area contributed by atoms with Crippen molar-refractivity contribution in [3.05, 3.63) is 47.8 Å². The lowest BCUT2D eigenvalue weighted by Crippen LogP contribution is -2.23. The highest BCUT2D eigenvalue weighted by molar-refractivity contribution is 5.27. The van der Waals surface area contributed by atoms with Gasteiger partial charge in [0.15, 0.2) is 0 Å². The van der Waals surface area contributed by atoms with Crippen LogP contribution in [-0.4, -0.2) is 22.9 Å². The first-order valence-corrected chi connectivity index (χ1v) is 7.11. The third kappa shape index (κ3) is 4.10. The van der Waals surface area contributed by atoms with Crippen molar-refractivity contribution in [2.75, 3.05) is 13.2 Å². The Hall–Kier alpha value is -1.81. The molecule has 2 aromatic rings. The third-order valence-corrected chi connectivity index (χ3v) is 3.21. The lowest BCUT2D eigenvalue weighted by atomic mass is 10.1. The molecule has 1 unspecified atom stereocenters. The molecule has 0 spiro atoms. The van der Waals surface area contributed by atoms with E-state index in [1.165, 1.54) is 5.56 Å². The molecule has 1 heterocycles. The summed E-state index contributed by atoms with van der Waals surface area (Å²) >= 11 is 0. The summed E-state index contributed by atoms with van der Waals surface area (Å²) in [5.41, 5.74) is 2.29. The molecular formula is C16H23N3O. The second-order valence-corrected chi connectivity index (χ2v) is 4.98. The standard InChI is InChI=1S/C16H23N3O/c1-4-17-15(16-8-10-19(3)18-16)9-11-20-14-7-5-6-13(2)12-14/h5-8,10,12,15,17H,4,9,11H2,1-3H3. The van der Waals surface area contributed by atoms with Crippen LogP contribution in [0.25, 0.3) is 0 Å². The molecule has 1 aromatic heterocycles. The van der Waals surface area contributed by atoms with E-state index >= 15 is 0 Å². The van der Waals surface area contributed by atoms with Crippen molar-refractivity contribution >= 4 is 0 Å². The Morgan fingerprint density at radius 2 is 2.20 bits per heavy atom. The van der Waals surface area contributed by atoms with Crippen LogP contribution in [0.5, 0.6) is 5.75 Å². The van der Waals surface area contributed by atoms with Crippen molar-refractivity contribution in [3.8, 4) is 5.75 Å². The summed E-state index contributed by atoms with van der Waals surface area (Å²) in [4.78, 5) is 0. The minimum Gasteiger partial charge on any atom is -0.494 e. The van der Waals surface area contributed by atoms with Gasteiger partial charge in [-0.25, -0.2) is 0 Å². The first-order chi connectivity index (χ1) is 9.69. The van der Waals surface area contributed by atoms with Gasteiger partial charge >= 0.3 is 0 Å². The lowest BCUT2D eigenvalue weighted by molar-refractivity contribution is 0.285. The van der Waals surface area contributed by atoms with Crippen LogP contribution in [0.4, 0.5) is 0 Å². The number of nitrogens with zero attached hydrogens (tertiary/aromatic N) is 2. The Kier molecular flexibility index (Phi) is 5.18. The number of ether oxygens (including phenoxy) is 1. The quantitative estimate of drug-likeness (QED) is 0.843. The molecule has 1 atom stereocenters. The van der Waals surface area contributed by atoms with Gasteiger partial charge in [-0.05, 0) is 37.2 Å². The fourth-order valence-corrected chi connectivity index (χ4v) is 2.22. The van der Waals surface area contributed by atoms with Crippen molar-refractivity contribution in [1.29, 1.82) is 0 Å². The number of aromatic nitrogens is 2. The summed E-state index contributed by atoms with van der Waals surface area (Å²) in [6.45, 7) is 5.78. The van der Waals surface area contributed by atoms with E-state index in [4.69, 9.17) is 4.74 Å². The van der Waals surface area contributed by atoms with Gasteiger partial charge in [0, 0.05) is 19.7 Å². The minimum absolute atomic E-state index is 0.242. The van der Waals surface area contributed by atoms with E-state index in [1.807, 2.05) is 30.1 Å². The van der Waals surface area contributed by atoms with Gasteiger partial charge in [0.05, 0.1) is 18.3 Å². The van der Waals surface area contributed by atoms with Crippen LogP contribution >= 0.6 is 0 Å². The second kappa shape index (κ2) is 7.10. The molecule has 0 amide bonds. The van der Waals surface area contributed by atoms with Gasteiger partial charge in [-0.3, -0.25) is 4.68 Å². The first-order valence-electron chi connectivity index (χ1n) is 7.11. The van der Waals surface area contributed by atoms with Gasteiger partial charge in [0.1, 0.15) is 5.75 Å². The fraction of sp³-hybridized carbons (Fsp3) is 0.438. The van der Waals surface area contributed by atoms with Gasteiger partial charge < -0.3 is 10.1 Å². The average Bonchev–Trinajstić information content (AvgIpc) is 2.84. The summed E-state index contributed by atoms with van der Waals surface area (Å²) < 4.78 is 7.65. The zero-order valence-corrected chi connectivity index (χ0v) is 12.5. The van der Waals surface area contributed by atoms with Crippen molar-refractivity contribution in [2.24, 2.45) is 7.05 Å². The highest BCUT2D eigenvalue weighted by atomic mass is 16.5. The molecule has 0 radical (unpaired) electrons. The molecular weight excluding hydrogens is 250 g/mol. The van der Waals surface area contributed by atoms with Gasteiger partial charge in [0.2, 0.25) is 0 Å². The van der Waals surface area contributed by atoms with E-state index in [0.29, 0.717) is 6.61 Å². The summed E-state index contributed by atoms with van der Waals surface area (Å²) in [7, 11) is 1.94. The molecule has 0 saturated carbocycles. The smallest absolute Gasteiger partial charge is 0.119 e. The highest BCUT2D eigenvalue weighted by Crippen LogP contribution is 2.17. The molecule has 4 heteroatoms. The number of rotatable bonds is 7. The fourth-order valence-electron chi connectivity index (χ4n) is 2.22. The predicted octanol–water partition coefficient (Wildman–Crippen LogP) is 2.85. The van der Waals surface area contributed by atoms with E-state index in [2.05, 4.69) is 42.5 Å². The van der Waals surface area contributed by atoms with Crippen LogP contribution in [0.3, 0.4) is 0 Å². The van der Waals surface area contributed by atoms with Crippen LogP contribution in [0.15, 0.2) is 36.5 Å². The van der Waals surface area contributed by atoms with Crippen LogP contribution in [-0.2, 0) is 7.05 Å². The van der Waals surface area contributed by atoms with Crippen molar-refractivity contribution in [2.45, 2.75) is 26.3 Å². The molecule has 1 aromatic carbocycles. The van der Waals surface area contributed by atoms with Crippen molar-refractivity contribution in [3.63, 3.8) is 0 Å². The Morgan fingerprint density at radius 1 is 1.35 bits per heavy atom. The largest absolute Gasteiger partial charge is 0.494 e. The van der Waals surface area contributed by atoms with Gasteiger partial charge in [0.25, 0.3) is 0 Å². The summed E-state index contributed by atoms with van der Waals surface area (Å²) in [6.07, 6.45) is 2.87. The molecule has 0 fully saturated rings. The van der Waals surface area contributed by atoms with E-state index in [-0.39, 0.29) is 6.04 Å². The molecule has 1 N–H and O–H groups in total. The second-order valence-electron chi connectivity index (χ2n) is 4.98. The molecule has 0 saturated heterocycles. The maximum atomic E-state index is 5.82. The topological polar surface area (TPSA) is 39.1 Å². The summed E-state index contributed by atoms with van der Waals surface area (Å²) in [5, 5.41) is 7.92. The van der Waals surface area contributed by atoms with Gasteiger partial charge in [-0.2, -0.15) is 5.10 Å². The number of hydrogen-bond acceptors (Lipinski definition) is 3. The number of benzene rings is 1. The van der Waals surface area contributed by atoms with E-state index in [9.17, 15) is 0 Å². The SMILES string of the molecule is CCNC(CCOc1cccc(C)c1)c1ccn(C)n1. The first kappa shape index (κ1) is 14.6. The Labute approximate surface area is 120 Å². The van der Waals surface area contributed by atoms with E-state index in [1.54, 1.807) is 0 Å². The zero-order chi connectivity index (χ0) is 14.4. The summed E-state index contributed by atoms with van der Waals surface area (Å²) in [5.74, 6) is 0.932. The van der Waals surface area contributed by atoms with Gasteiger partial charge in [-0.15, -0.1) is 0 Å². The van der Waals surface area contributed by atoms with E-state index < -0.39 is 0 Å². The molecule has 0 aliphatic rings. The normalized spacial score (nSPS) is 12.3. The molecule has 0 bridgehead atoms. The average molecular weight is 273 g/mol. The monoisotopic (exact) mass is 273 g/mol. The Balaban J connectivity index is 1.89. The van der Waals surface area contributed by atoms with Crippen LogP contribution in [0, 0.1) is 6.92 Å². The minimum atomic E-state index is 0.242. The number of nitrogens with one attached hydrogen (secondary N) is 1. The lowest BCUT2D eigenvalue weighted by Gasteiger charge is -2.16. The maximum Gasteiger partial charge on any atom is 0.119 e. The van der Waals surface area contributed by atoms with Crippen molar-refractivity contribution < 1.29 is 4.74 Å². The maximum absolute atomic E-state index is 5.82. The van der Waals surface area contributed by atoms with Gasteiger partial charge in [-0.1, -0.05) is 19.1 Å². The zero-order valence-electron chi connectivity index (χ0n) is 12.5. The molecule has 20 heavy (non-hydrogen) atoms. The molecule has 108 valence electrons. The molecule has 2 rings (SSSR count). The van der Waals surface area contributed by atoms with E-state index in [0.717, 1.165) is 24.4 Å². The molecule has 4 nitrogen and oxygen atoms in total. The molecule has 0 aliphatic heterocycles. The van der Waals surface area contributed by atoms with Crippen LogP contribution in [0.1, 0.15) is 30.6 Å². The molecule has 0 aliphatic carbocycles. The Bertz CT molecular complexity index is 536. The number of aryl methyl sites for hydroxylation is 2. The highest BCUT2D eigenvalue weighted by Gasteiger charge is 2.13.